The molecule has 1 unspecified atom stereocenters. The van der Waals surface area contributed by atoms with Gasteiger partial charge in [-0.3, -0.25) is 4.79 Å². The molecule has 1 rings (SSSR count). The maximum absolute atomic E-state index is 11.9. The molecule has 3 N–H and O–H groups in total. The van der Waals surface area contributed by atoms with Gasteiger partial charge in [-0.25, -0.2) is 4.79 Å². The van der Waals surface area contributed by atoms with Gasteiger partial charge in [0.1, 0.15) is 5.75 Å². The second-order valence-corrected chi connectivity index (χ2v) is 4.13. The highest BCUT2D eigenvalue weighted by molar-refractivity contribution is 5.93. The Hall–Kier alpha value is -2.24. The number of nitrogens with two attached hydrogens (primary N) is 1. The molecule has 0 aliphatic rings. The smallest absolute Gasteiger partial charge is 0.338 e. The van der Waals surface area contributed by atoms with Gasteiger partial charge in [0.2, 0.25) is 0 Å². The molecule has 0 heterocycles. The average Bonchev–Trinajstić information content (AvgIpc) is 2.41. The number of hydrogen-bond acceptors (Lipinski definition) is 5. The van der Waals surface area contributed by atoms with Crippen LogP contribution in [-0.2, 0) is 9.53 Å². The van der Waals surface area contributed by atoms with E-state index in [0.29, 0.717) is 24.6 Å². The first kappa shape index (κ1) is 15.8. The van der Waals surface area contributed by atoms with Gasteiger partial charge in [-0.1, -0.05) is 0 Å². The number of nitrogens with one attached hydrogen (secondary N) is 1. The normalized spacial score (nSPS) is 11.6. The summed E-state index contributed by atoms with van der Waals surface area (Å²) in [6.07, 6.45) is -0.852. The van der Waals surface area contributed by atoms with Gasteiger partial charge in [0, 0.05) is 6.54 Å². The Morgan fingerprint density at radius 1 is 1.35 bits per heavy atom. The number of anilines is 1. The lowest BCUT2D eigenvalue weighted by molar-refractivity contribution is -0.128. The number of carbonyl (C=O) groups is 2. The summed E-state index contributed by atoms with van der Waals surface area (Å²) >= 11 is 0. The van der Waals surface area contributed by atoms with E-state index in [2.05, 4.69) is 5.32 Å². The van der Waals surface area contributed by atoms with E-state index in [-0.39, 0.29) is 11.5 Å². The number of amides is 1. The Morgan fingerprint density at radius 2 is 2.05 bits per heavy atom. The second-order valence-electron chi connectivity index (χ2n) is 4.13. The Kier molecular flexibility index (Phi) is 5.83. The fraction of sp³-hybridized carbons (Fsp3) is 0.429. The van der Waals surface area contributed by atoms with Gasteiger partial charge >= 0.3 is 5.97 Å². The van der Waals surface area contributed by atoms with E-state index < -0.39 is 12.1 Å². The summed E-state index contributed by atoms with van der Waals surface area (Å²) in [6, 6.07) is 4.62. The van der Waals surface area contributed by atoms with Crippen LogP contribution >= 0.6 is 0 Å². The molecule has 1 aromatic rings. The van der Waals surface area contributed by atoms with E-state index in [9.17, 15) is 9.59 Å². The number of benzene rings is 1. The Bertz CT molecular complexity index is 488. The molecule has 0 aliphatic heterocycles. The lowest BCUT2D eigenvalue weighted by Crippen LogP contribution is -2.35. The van der Waals surface area contributed by atoms with Crippen LogP contribution in [0.4, 0.5) is 5.69 Å². The van der Waals surface area contributed by atoms with Crippen LogP contribution in [0.25, 0.3) is 0 Å². The van der Waals surface area contributed by atoms with E-state index >= 15 is 0 Å². The summed E-state index contributed by atoms with van der Waals surface area (Å²) in [5, 5.41) is 2.58. The minimum atomic E-state index is -0.852. The molecule has 6 nitrogen and oxygen atoms in total. The third-order valence-electron chi connectivity index (χ3n) is 2.55. The minimum Gasteiger partial charge on any atom is -0.492 e. The monoisotopic (exact) mass is 280 g/mol. The third-order valence-corrected chi connectivity index (χ3v) is 2.55. The van der Waals surface area contributed by atoms with Crippen LogP contribution in [-0.4, -0.2) is 31.1 Å². The Labute approximate surface area is 118 Å². The van der Waals surface area contributed by atoms with Crippen molar-refractivity contribution in [2.45, 2.75) is 26.9 Å². The number of carbonyl (C=O) groups excluding carboxylic acids is 2. The highest BCUT2D eigenvalue weighted by Gasteiger charge is 2.18. The molecule has 0 radical (unpaired) electrons. The lowest BCUT2D eigenvalue weighted by atomic mass is 10.2. The molecule has 0 fully saturated rings. The first-order valence-electron chi connectivity index (χ1n) is 6.50. The van der Waals surface area contributed by atoms with E-state index in [1.165, 1.54) is 13.0 Å². The fourth-order valence-corrected chi connectivity index (χ4v) is 1.56. The summed E-state index contributed by atoms with van der Waals surface area (Å²) in [6.45, 7) is 6.12. The van der Waals surface area contributed by atoms with Crippen molar-refractivity contribution in [2.75, 3.05) is 18.9 Å². The molecule has 1 aromatic carbocycles. The molecule has 0 spiro atoms. The molecular formula is C14H20N2O4. The SMILES string of the molecule is CCNC(=O)C(C)OC(=O)c1ccc(OCC)c(N)c1. The maximum Gasteiger partial charge on any atom is 0.338 e. The predicted molar refractivity (Wildman–Crippen MR) is 75.6 cm³/mol. The first-order valence-corrected chi connectivity index (χ1v) is 6.50. The van der Waals surface area contributed by atoms with Crippen LogP contribution in [0.3, 0.4) is 0 Å². The molecular weight excluding hydrogens is 260 g/mol. The highest BCUT2D eigenvalue weighted by atomic mass is 16.5. The lowest BCUT2D eigenvalue weighted by Gasteiger charge is -2.13. The summed E-state index contributed by atoms with van der Waals surface area (Å²) in [7, 11) is 0. The summed E-state index contributed by atoms with van der Waals surface area (Å²) in [5.41, 5.74) is 6.40. The zero-order chi connectivity index (χ0) is 15.1. The van der Waals surface area contributed by atoms with Crippen LogP contribution in [0.5, 0.6) is 5.75 Å². The van der Waals surface area contributed by atoms with Crippen molar-refractivity contribution >= 4 is 17.6 Å². The Morgan fingerprint density at radius 3 is 2.60 bits per heavy atom. The van der Waals surface area contributed by atoms with Gasteiger partial charge in [0.15, 0.2) is 6.10 Å². The number of esters is 1. The van der Waals surface area contributed by atoms with Gasteiger partial charge in [-0.15, -0.1) is 0 Å². The van der Waals surface area contributed by atoms with E-state index in [0.717, 1.165) is 0 Å². The molecule has 1 amide bonds. The molecule has 0 bridgehead atoms. The zero-order valence-electron chi connectivity index (χ0n) is 11.9. The van der Waals surface area contributed by atoms with Crippen LogP contribution in [0.15, 0.2) is 18.2 Å². The largest absolute Gasteiger partial charge is 0.492 e. The van der Waals surface area contributed by atoms with Gasteiger partial charge in [-0.05, 0) is 39.0 Å². The predicted octanol–water partition coefficient (Wildman–Crippen LogP) is 1.35. The molecule has 110 valence electrons. The number of rotatable bonds is 6. The third kappa shape index (κ3) is 4.15. The van der Waals surface area contributed by atoms with E-state index in [1.54, 1.807) is 19.1 Å². The number of nitrogen functional groups attached to an aromatic ring is 1. The van der Waals surface area contributed by atoms with Crippen LogP contribution in [0.2, 0.25) is 0 Å². The van der Waals surface area contributed by atoms with Crippen LogP contribution < -0.4 is 15.8 Å². The topological polar surface area (TPSA) is 90.6 Å². The van der Waals surface area contributed by atoms with Crippen molar-refractivity contribution in [1.29, 1.82) is 0 Å². The molecule has 0 saturated carbocycles. The van der Waals surface area contributed by atoms with Crippen molar-refractivity contribution < 1.29 is 19.1 Å². The van der Waals surface area contributed by atoms with Gasteiger partial charge in [0.25, 0.3) is 5.91 Å². The zero-order valence-corrected chi connectivity index (χ0v) is 11.9. The van der Waals surface area contributed by atoms with Crippen molar-refractivity contribution in [2.24, 2.45) is 0 Å². The van der Waals surface area contributed by atoms with Crippen LogP contribution in [0.1, 0.15) is 31.1 Å². The van der Waals surface area contributed by atoms with Gasteiger partial charge in [0.05, 0.1) is 17.9 Å². The molecule has 1 atom stereocenters. The van der Waals surface area contributed by atoms with Crippen molar-refractivity contribution in [1.82, 2.24) is 5.32 Å². The highest BCUT2D eigenvalue weighted by Crippen LogP contribution is 2.23. The summed E-state index contributed by atoms with van der Waals surface area (Å²) in [4.78, 5) is 23.4. The average molecular weight is 280 g/mol. The van der Waals surface area contributed by atoms with Gasteiger partial charge in [-0.2, -0.15) is 0 Å². The summed E-state index contributed by atoms with van der Waals surface area (Å²) in [5.74, 6) is -0.418. The molecule has 20 heavy (non-hydrogen) atoms. The van der Waals surface area contributed by atoms with Crippen LogP contribution in [0, 0.1) is 0 Å². The summed E-state index contributed by atoms with van der Waals surface area (Å²) < 4.78 is 10.3. The van der Waals surface area contributed by atoms with Crippen molar-refractivity contribution in [3.05, 3.63) is 23.8 Å². The van der Waals surface area contributed by atoms with Gasteiger partial charge < -0.3 is 20.5 Å². The number of ether oxygens (including phenoxy) is 2. The molecule has 0 aliphatic carbocycles. The maximum atomic E-state index is 11.9. The second kappa shape index (κ2) is 7.37. The molecule has 0 saturated heterocycles. The molecule has 0 aromatic heterocycles. The molecule has 6 heteroatoms. The van der Waals surface area contributed by atoms with Crippen molar-refractivity contribution in [3.8, 4) is 5.75 Å². The Balaban J connectivity index is 2.73. The number of hydrogen-bond donors (Lipinski definition) is 2. The van der Waals surface area contributed by atoms with Crippen molar-refractivity contribution in [3.63, 3.8) is 0 Å². The quantitative estimate of drug-likeness (QED) is 0.606. The number of likely N-dealkylation sites (N-methyl/N-ethyl adjacent to an activating group) is 1. The minimum absolute atomic E-state index is 0.280. The standard InChI is InChI=1S/C14H20N2O4/c1-4-16-13(17)9(3)20-14(18)10-6-7-12(19-5-2)11(15)8-10/h6-9H,4-5,15H2,1-3H3,(H,16,17). The van der Waals surface area contributed by atoms with E-state index in [4.69, 9.17) is 15.2 Å². The first-order chi connectivity index (χ1) is 9.49. The van der Waals surface area contributed by atoms with E-state index in [1.807, 2.05) is 6.92 Å². The fourth-order valence-electron chi connectivity index (χ4n) is 1.56.